The molecule has 0 bridgehead atoms. The largest absolute Gasteiger partial charge is 0.493 e. The van der Waals surface area contributed by atoms with Gasteiger partial charge in [-0.2, -0.15) is 0 Å². The van der Waals surface area contributed by atoms with Gasteiger partial charge in [0.1, 0.15) is 5.82 Å². The minimum absolute atomic E-state index is 0.131. The van der Waals surface area contributed by atoms with E-state index >= 15 is 0 Å². The van der Waals surface area contributed by atoms with Gasteiger partial charge in [0.2, 0.25) is 0 Å². The maximum absolute atomic E-state index is 13.2. The third kappa shape index (κ3) is 3.97. The molecule has 1 aromatic heterocycles. The van der Waals surface area contributed by atoms with Gasteiger partial charge in [0, 0.05) is 17.3 Å². The lowest BCUT2D eigenvalue weighted by molar-refractivity contribution is 0.102. The van der Waals surface area contributed by atoms with Crippen molar-refractivity contribution in [3.05, 3.63) is 87.2 Å². The molecule has 0 spiro atoms. The van der Waals surface area contributed by atoms with Crippen LogP contribution in [0.4, 0.5) is 10.1 Å². The topological polar surface area (TPSA) is 85.4 Å². The van der Waals surface area contributed by atoms with Gasteiger partial charge in [-0.15, -0.1) is 0 Å². The van der Waals surface area contributed by atoms with Crippen LogP contribution in [0.1, 0.15) is 10.4 Å². The number of fused-ring (bicyclic) bond motifs is 1. The number of H-pyrrole nitrogens is 1. The fourth-order valence-electron chi connectivity index (χ4n) is 3.30. The molecule has 0 aliphatic heterocycles. The smallest absolute Gasteiger partial charge is 0.266 e. The second kappa shape index (κ2) is 8.64. The zero-order valence-corrected chi connectivity index (χ0v) is 18.0. The fourth-order valence-corrected chi connectivity index (χ4v) is 3.60. The molecule has 0 fully saturated rings. The van der Waals surface area contributed by atoms with E-state index in [1.807, 2.05) is 0 Å². The summed E-state index contributed by atoms with van der Waals surface area (Å²) in [7, 11) is 3.03. The minimum atomic E-state index is -0.414. The third-order valence-electron chi connectivity index (χ3n) is 4.89. The van der Waals surface area contributed by atoms with Gasteiger partial charge in [0.15, 0.2) is 16.3 Å². The Morgan fingerprint density at radius 3 is 2.41 bits per heavy atom. The Morgan fingerprint density at radius 1 is 1.00 bits per heavy atom. The highest BCUT2D eigenvalue weighted by molar-refractivity contribution is 7.71. The van der Waals surface area contributed by atoms with Crippen molar-refractivity contribution >= 4 is 34.7 Å². The van der Waals surface area contributed by atoms with Crippen LogP contribution in [0.5, 0.6) is 11.5 Å². The number of methoxy groups -OCH3 is 2. The number of nitrogens with one attached hydrogen (secondary N) is 2. The van der Waals surface area contributed by atoms with Gasteiger partial charge in [0.05, 0.1) is 30.8 Å². The summed E-state index contributed by atoms with van der Waals surface area (Å²) in [5.74, 6) is 0.235. The number of anilines is 1. The van der Waals surface area contributed by atoms with Crippen LogP contribution in [0.15, 0.2) is 65.5 Å². The van der Waals surface area contributed by atoms with Crippen molar-refractivity contribution in [1.82, 2.24) is 9.55 Å². The molecular formula is C23H18FN3O4S. The van der Waals surface area contributed by atoms with Crippen molar-refractivity contribution in [1.29, 1.82) is 0 Å². The molecule has 1 heterocycles. The van der Waals surface area contributed by atoms with Gasteiger partial charge in [0.25, 0.3) is 11.5 Å². The molecular weight excluding hydrogens is 433 g/mol. The highest BCUT2D eigenvalue weighted by Gasteiger charge is 2.13. The molecule has 0 aliphatic carbocycles. The third-order valence-corrected chi connectivity index (χ3v) is 5.17. The molecule has 0 unspecified atom stereocenters. The number of hydrogen-bond acceptors (Lipinski definition) is 5. The van der Waals surface area contributed by atoms with Crippen molar-refractivity contribution in [3.63, 3.8) is 0 Å². The highest BCUT2D eigenvalue weighted by Crippen LogP contribution is 2.30. The number of aromatic nitrogens is 2. The van der Waals surface area contributed by atoms with Crippen LogP contribution in [0, 0.1) is 10.6 Å². The zero-order chi connectivity index (χ0) is 22.8. The van der Waals surface area contributed by atoms with E-state index < -0.39 is 5.82 Å². The minimum Gasteiger partial charge on any atom is -0.493 e. The molecule has 0 aliphatic rings. The summed E-state index contributed by atoms with van der Waals surface area (Å²) in [5.41, 5.74) is 1.33. The van der Waals surface area contributed by atoms with E-state index in [0.717, 1.165) is 0 Å². The van der Waals surface area contributed by atoms with Crippen LogP contribution in [0.25, 0.3) is 16.6 Å². The quantitative estimate of drug-likeness (QED) is 0.438. The molecule has 4 aromatic rings. The van der Waals surface area contributed by atoms with E-state index in [2.05, 4.69) is 10.3 Å². The number of carbonyl (C=O) groups excluding carboxylic acids is 1. The van der Waals surface area contributed by atoms with Crippen LogP contribution in [-0.4, -0.2) is 29.7 Å². The SMILES string of the molecule is COc1ccc(NC(=O)c2ccc3c(=O)n(-c4ccc(F)cc4)c(=S)[nH]c3c2)cc1OC. The molecule has 0 saturated heterocycles. The maximum atomic E-state index is 13.2. The molecule has 9 heteroatoms. The number of rotatable bonds is 5. The summed E-state index contributed by atoms with van der Waals surface area (Å²) in [6, 6.07) is 15.1. The van der Waals surface area contributed by atoms with Crippen LogP contribution in [-0.2, 0) is 0 Å². The monoisotopic (exact) mass is 451 g/mol. The average Bonchev–Trinajstić information content (AvgIpc) is 2.79. The van der Waals surface area contributed by atoms with Gasteiger partial charge in [-0.25, -0.2) is 4.39 Å². The number of aromatic amines is 1. The molecule has 162 valence electrons. The molecule has 3 aromatic carbocycles. The number of halogens is 1. The van der Waals surface area contributed by atoms with E-state index in [9.17, 15) is 14.0 Å². The van der Waals surface area contributed by atoms with Gasteiger partial charge >= 0.3 is 0 Å². The molecule has 0 radical (unpaired) electrons. The Labute approximate surface area is 187 Å². The first-order chi connectivity index (χ1) is 15.4. The zero-order valence-electron chi connectivity index (χ0n) is 17.1. The first-order valence-corrected chi connectivity index (χ1v) is 9.90. The summed E-state index contributed by atoms with van der Waals surface area (Å²) in [5, 5.41) is 3.13. The van der Waals surface area contributed by atoms with Crippen LogP contribution < -0.4 is 20.3 Å². The fraction of sp³-hybridized carbons (Fsp3) is 0.0870. The molecule has 32 heavy (non-hydrogen) atoms. The van der Waals surface area contributed by atoms with E-state index in [1.165, 1.54) is 43.1 Å². The van der Waals surface area contributed by atoms with Crippen LogP contribution in [0.3, 0.4) is 0 Å². The lowest BCUT2D eigenvalue weighted by Crippen LogP contribution is -2.21. The Balaban J connectivity index is 1.69. The van der Waals surface area contributed by atoms with E-state index in [-0.39, 0.29) is 16.2 Å². The van der Waals surface area contributed by atoms with E-state index in [0.29, 0.717) is 39.3 Å². The summed E-state index contributed by atoms with van der Waals surface area (Å²) in [6.45, 7) is 0. The molecule has 0 atom stereocenters. The summed E-state index contributed by atoms with van der Waals surface area (Å²) >= 11 is 5.33. The molecule has 1 amide bonds. The van der Waals surface area contributed by atoms with Crippen LogP contribution >= 0.6 is 12.2 Å². The summed E-state index contributed by atoms with van der Waals surface area (Å²) in [4.78, 5) is 28.7. The lowest BCUT2D eigenvalue weighted by Gasteiger charge is -2.11. The molecule has 7 nitrogen and oxygen atoms in total. The van der Waals surface area contributed by atoms with Gasteiger partial charge in [-0.1, -0.05) is 0 Å². The number of nitrogens with zero attached hydrogens (tertiary/aromatic N) is 1. The van der Waals surface area contributed by atoms with E-state index in [1.54, 1.807) is 36.4 Å². The lowest BCUT2D eigenvalue weighted by atomic mass is 10.1. The summed E-state index contributed by atoms with van der Waals surface area (Å²) in [6.07, 6.45) is 0. The van der Waals surface area contributed by atoms with Crippen molar-refractivity contribution in [2.75, 3.05) is 19.5 Å². The first-order valence-electron chi connectivity index (χ1n) is 9.49. The van der Waals surface area contributed by atoms with Crippen LogP contribution in [0.2, 0.25) is 0 Å². The number of amides is 1. The Kier molecular flexibility index (Phi) is 5.74. The van der Waals surface area contributed by atoms with Crippen molar-refractivity contribution in [3.8, 4) is 17.2 Å². The Hall–Kier alpha value is -3.98. The molecule has 4 rings (SSSR count). The second-order valence-corrected chi connectivity index (χ2v) is 7.22. The standard InChI is InChI=1S/C23H18FN3O4S/c1-30-19-10-6-15(12-20(19)31-2)25-21(28)13-3-9-17-18(11-13)26-23(32)27(22(17)29)16-7-4-14(24)5-8-16/h3-12H,1-2H3,(H,25,28)(H,26,32). The van der Waals surface area contributed by atoms with E-state index in [4.69, 9.17) is 21.7 Å². The number of benzene rings is 3. The van der Waals surface area contributed by atoms with Crippen molar-refractivity contribution in [2.24, 2.45) is 0 Å². The predicted octanol–water partition coefficient (Wildman–Crippen LogP) is 4.46. The number of carbonyl (C=O) groups is 1. The maximum Gasteiger partial charge on any atom is 0.266 e. The first kappa shape index (κ1) is 21.3. The Morgan fingerprint density at radius 2 is 1.72 bits per heavy atom. The second-order valence-electron chi connectivity index (χ2n) is 6.83. The van der Waals surface area contributed by atoms with Gasteiger partial charge in [-0.3, -0.25) is 14.2 Å². The molecule has 2 N–H and O–H groups in total. The van der Waals surface area contributed by atoms with Gasteiger partial charge < -0.3 is 19.8 Å². The van der Waals surface area contributed by atoms with Crippen molar-refractivity contribution < 1.29 is 18.7 Å². The van der Waals surface area contributed by atoms with Gasteiger partial charge in [-0.05, 0) is 66.8 Å². The number of hydrogen-bond donors (Lipinski definition) is 2. The Bertz CT molecular complexity index is 1440. The summed E-state index contributed by atoms with van der Waals surface area (Å²) < 4.78 is 25.1. The van der Waals surface area contributed by atoms with Crippen molar-refractivity contribution in [2.45, 2.75) is 0 Å². The normalized spacial score (nSPS) is 10.7. The predicted molar refractivity (Wildman–Crippen MR) is 122 cm³/mol. The number of ether oxygens (including phenoxy) is 2. The molecule has 0 saturated carbocycles. The average molecular weight is 451 g/mol. The highest BCUT2D eigenvalue weighted by atomic mass is 32.1.